The zero-order chi connectivity index (χ0) is 11.8. The summed E-state index contributed by atoms with van der Waals surface area (Å²) in [4.78, 5) is 24.6. The first-order valence-corrected chi connectivity index (χ1v) is 5.09. The highest BCUT2D eigenvalue weighted by atomic mass is 16.3. The van der Waals surface area contributed by atoms with E-state index in [1.807, 2.05) is 6.07 Å². The average molecular weight is 219 g/mol. The van der Waals surface area contributed by atoms with Gasteiger partial charge in [-0.05, 0) is 5.56 Å². The van der Waals surface area contributed by atoms with Crippen LogP contribution in [0.2, 0.25) is 0 Å². The number of imide groups is 1. The van der Waals surface area contributed by atoms with E-state index in [-0.39, 0.29) is 24.8 Å². The maximum atomic E-state index is 12.0. The molecule has 1 saturated heterocycles. The standard InChI is InChI=1S/C12H13NO3/c1-13-10(15)7-12(8-14,11(13)16)9-5-3-2-4-6-9/h2-6,14H,7-8H2,1H3. The Bertz CT molecular complexity index is 429. The van der Waals surface area contributed by atoms with E-state index in [9.17, 15) is 14.7 Å². The van der Waals surface area contributed by atoms with Gasteiger partial charge in [-0.15, -0.1) is 0 Å². The Morgan fingerprint density at radius 3 is 2.38 bits per heavy atom. The van der Waals surface area contributed by atoms with Crippen molar-refractivity contribution in [1.29, 1.82) is 0 Å². The molecule has 4 heteroatoms. The largest absolute Gasteiger partial charge is 0.395 e. The lowest BCUT2D eigenvalue weighted by atomic mass is 9.80. The van der Waals surface area contributed by atoms with Gasteiger partial charge in [-0.1, -0.05) is 30.3 Å². The van der Waals surface area contributed by atoms with Crippen LogP contribution in [0.1, 0.15) is 12.0 Å². The lowest BCUT2D eigenvalue weighted by molar-refractivity contribution is -0.138. The van der Waals surface area contributed by atoms with E-state index in [4.69, 9.17) is 0 Å². The molecular weight excluding hydrogens is 206 g/mol. The van der Waals surface area contributed by atoms with Crippen LogP contribution in [0.25, 0.3) is 0 Å². The first-order chi connectivity index (χ1) is 7.62. The molecule has 1 aromatic carbocycles. The predicted molar refractivity (Wildman–Crippen MR) is 57.6 cm³/mol. The quantitative estimate of drug-likeness (QED) is 0.728. The van der Waals surface area contributed by atoms with Crippen molar-refractivity contribution in [3.8, 4) is 0 Å². The number of nitrogens with zero attached hydrogens (tertiary/aromatic N) is 1. The molecule has 0 aliphatic carbocycles. The second kappa shape index (κ2) is 3.72. The molecule has 1 heterocycles. The van der Waals surface area contributed by atoms with Crippen LogP contribution < -0.4 is 0 Å². The molecule has 1 aliphatic rings. The normalized spacial score (nSPS) is 25.2. The Labute approximate surface area is 93.5 Å². The molecular formula is C12H13NO3. The summed E-state index contributed by atoms with van der Waals surface area (Å²) < 4.78 is 0. The number of hydrogen-bond donors (Lipinski definition) is 1. The van der Waals surface area contributed by atoms with Crippen molar-refractivity contribution in [1.82, 2.24) is 4.90 Å². The maximum absolute atomic E-state index is 12.0. The highest BCUT2D eigenvalue weighted by Crippen LogP contribution is 2.35. The van der Waals surface area contributed by atoms with Crippen molar-refractivity contribution in [2.75, 3.05) is 13.7 Å². The van der Waals surface area contributed by atoms with E-state index in [0.29, 0.717) is 5.56 Å². The van der Waals surface area contributed by atoms with Crippen LogP contribution in [0.4, 0.5) is 0 Å². The van der Waals surface area contributed by atoms with Crippen LogP contribution >= 0.6 is 0 Å². The third-order valence-corrected chi connectivity index (χ3v) is 3.14. The monoisotopic (exact) mass is 219 g/mol. The topological polar surface area (TPSA) is 57.6 Å². The fraction of sp³-hybridized carbons (Fsp3) is 0.333. The van der Waals surface area contributed by atoms with E-state index < -0.39 is 5.41 Å². The summed E-state index contributed by atoms with van der Waals surface area (Å²) in [5.74, 6) is -0.575. The van der Waals surface area contributed by atoms with Crippen LogP contribution in [0.5, 0.6) is 0 Å². The third kappa shape index (κ3) is 1.34. The molecule has 0 radical (unpaired) electrons. The number of likely N-dealkylation sites (tertiary alicyclic amines) is 1. The van der Waals surface area contributed by atoms with Gasteiger partial charge in [0.05, 0.1) is 6.61 Å². The number of carbonyl (C=O) groups is 2. The summed E-state index contributed by atoms with van der Waals surface area (Å²) in [6, 6.07) is 8.95. The second-order valence-electron chi connectivity index (χ2n) is 4.04. The Morgan fingerprint density at radius 2 is 1.94 bits per heavy atom. The number of hydrogen-bond acceptors (Lipinski definition) is 3. The van der Waals surface area contributed by atoms with E-state index in [1.165, 1.54) is 7.05 Å². The van der Waals surface area contributed by atoms with Crippen molar-refractivity contribution >= 4 is 11.8 Å². The molecule has 0 spiro atoms. The van der Waals surface area contributed by atoms with Crippen LogP contribution in [-0.2, 0) is 15.0 Å². The second-order valence-corrected chi connectivity index (χ2v) is 4.04. The van der Waals surface area contributed by atoms with Crippen molar-refractivity contribution < 1.29 is 14.7 Å². The molecule has 2 rings (SSSR count). The zero-order valence-electron chi connectivity index (χ0n) is 9.01. The number of aliphatic hydroxyl groups excluding tert-OH is 1. The number of benzene rings is 1. The van der Waals surface area contributed by atoms with Gasteiger partial charge >= 0.3 is 0 Å². The minimum absolute atomic E-state index is 0.0445. The minimum Gasteiger partial charge on any atom is -0.395 e. The van der Waals surface area contributed by atoms with E-state index >= 15 is 0 Å². The first-order valence-electron chi connectivity index (χ1n) is 5.09. The SMILES string of the molecule is CN1C(=O)CC(CO)(c2ccccc2)C1=O. The molecule has 84 valence electrons. The van der Waals surface area contributed by atoms with Gasteiger partial charge in [0.2, 0.25) is 11.8 Å². The van der Waals surface area contributed by atoms with Gasteiger partial charge in [-0.25, -0.2) is 0 Å². The summed E-state index contributed by atoms with van der Waals surface area (Å²) in [7, 11) is 1.45. The summed E-state index contributed by atoms with van der Waals surface area (Å²) >= 11 is 0. The van der Waals surface area contributed by atoms with E-state index in [0.717, 1.165) is 4.90 Å². The smallest absolute Gasteiger partial charge is 0.242 e. The molecule has 0 aromatic heterocycles. The van der Waals surface area contributed by atoms with Crippen LogP contribution in [0.3, 0.4) is 0 Å². The Kier molecular flexibility index (Phi) is 2.52. The van der Waals surface area contributed by atoms with Crippen LogP contribution in [0.15, 0.2) is 30.3 Å². The van der Waals surface area contributed by atoms with Crippen molar-refractivity contribution in [2.45, 2.75) is 11.8 Å². The van der Waals surface area contributed by atoms with Gasteiger partial charge < -0.3 is 5.11 Å². The molecule has 1 aliphatic heterocycles. The third-order valence-electron chi connectivity index (χ3n) is 3.14. The molecule has 1 fully saturated rings. The fourth-order valence-electron chi connectivity index (χ4n) is 2.08. The molecule has 1 aromatic rings. The Hall–Kier alpha value is -1.68. The lowest BCUT2D eigenvalue weighted by Crippen LogP contribution is -2.39. The zero-order valence-corrected chi connectivity index (χ0v) is 9.01. The van der Waals surface area contributed by atoms with Crippen molar-refractivity contribution in [2.24, 2.45) is 0 Å². The van der Waals surface area contributed by atoms with Gasteiger partial charge in [0.25, 0.3) is 0 Å². The molecule has 1 N–H and O–H groups in total. The first kappa shape index (κ1) is 10.8. The number of aliphatic hydroxyl groups is 1. The summed E-state index contributed by atoms with van der Waals surface area (Å²) in [6.07, 6.45) is 0.0445. The molecule has 0 saturated carbocycles. The van der Waals surface area contributed by atoms with Gasteiger partial charge in [-0.3, -0.25) is 14.5 Å². The number of amides is 2. The van der Waals surface area contributed by atoms with Gasteiger partial charge in [0.1, 0.15) is 5.41 Å². The van der Waals surface area contributed by atoms with E-state index in [1.54, 1.807) is 24.3 Å². The number of likely N-dealkylation sites (N-methyl/N-ethyl adjacent to an activating group) is 1. The molecule has 1 atom stereocenters. The Balaban J connectivity index is 2.50. The molecule has 1 unspecified atom stereocenters. The molecule has 16 heavy (non-hydrogen) atoms. The van der Waals surface area contributed by atoms with Gasteiger partial charge in [0.15, 0.2) is 0 Å². The predicted octanol–water partition coefficient (Wildman–Crippen LogP) is 0.305. The number of carbonyl (C=O) groups excluding carboxylic acids is 2. The molecule has 0 bridgehead atoms. The van der Waals surface area contributed by atoms with Crippen LogP contribution in [-0.4, -0.2) is 35.5 Å². The van der Waals surface area contributed by atoms with Crippen LogP contribution in [0, 0.1) is 0 Å². The summed E-state index contributed by atoms with van der Waals surface area (Å²) in [5.41, 5.74) is -0.382. The van der Waals surface area contributed by atoms with Gasteiger partial charge in [0, 0.05) is 13.5 Å². The summed E-state index contributed by atoms with van der Waals surface area (Å²) in [5, 5.41) is 9.48. The lowest BCUT2D eigenvalue weighted by Gasteiger charge is -2.23. The number of rotatable bonds is 2. The fourth-order valence-corrected chi connectivity index (χ4v) is 2.08. The average Bonchev–Trinajstić information content (AvgIpc) is 2.55. The highest BCUT2D eigenvalue weighted by Gasteiger charge is 2.50. The Morgan fingerprint density at radius 1 is 1.31 bits per heavy atom. The minimum atomic E-state index is -1.08. The van der Waals surface area contributed by atoms with Gasteiger partial charge in [-0.2, -0.15) is 0 Å². The van der Waals surface area contributed by atoms with Crippen molar-refractivity contribution in [3.05, 3.63) is 35.9 Å². The van der Waals surface area contributed by atoms with Crippen molar-refractivity contribution in [3.63, 3.8) is 0 Å². The molecule has 4 nitrogen and oxygen atoms in total. The maximum Gasteiger partial charge on any atom is 0.242 e. The van der Waals surface area contributed by atoms with E-state index in [2.05, 4.69) is 0 Å². The molecule has 2 amide bonds. The highest BCUT2D eigenvalue weighted by molar-refractivity contribution is 6.08. The summed E-state index contributed by atoms with van der Waals surface area (Å²) in [6.45, 7) is -0.341.